The number of carbonyl (C=O) groups is 4. The number of hydrogen-bond donors (Lipinski definition) is 6. The second kappa shape index (κ2) is 16.6. The number of rotatable bonds is 13. The minimum atomic E-state index is -3.11. The fourth-order valence-corrected chi connectivity index (χ4v) is 11.7. The minimum Gasteiger partial charge on any atom is -0.432 e. The maximum Gasteiger partial charge on any atom is 0.264 e. The Morgan fingerprint density at radius 1 is 0.911 bits per heavy atom. The molecular weight excluding hydrogens is 729 g/mol. The Morgan fingerprint density at radius 3 is 2.12 bits per heavy atom. The van der Waals surface area contributed by atoms with Gasteiger partial charge in [0.25, 0.3) is 5.91 Å². The van der Waals surface area contributed by atoms with Crippen molar-refractivity contribution in [3.63, 3.8) is 0 Å². The largest absolute Gasteiger partial charge is 0.432 e. The molecule has 4 heterocycles. The van der Waals surface area contributed by atoms with Crippen LogP contribution < -0.4 is 26.2 Å². The van der Waals surface area contributed by atoms with Gasteiger partial charge in [-0.15, -0.1) is 0 Å². The van der Waals surface area contributed by atoms with Crippen molar-refractivity contribution in [3.05, 3.63) is 89.5 Å². The second-order valence-electron chi connectivity index (χ2n) is 16.2. The van der Waals surface area contributed by atoms with E-state index in [1.165, 1.54) is 0 Å². The van der Waals surface area contributed by atoms with Gasteiger partial charge in [-0.25, -0.2) is 0 Å². The van der Waals surface area contributed by atoms with Gasteiger partial charge < -0.3 is 45.7 Å². The van der Waals surface area contributed by atoms with Gasteiger partial charge in [0.1, 0.15) is 0 Å². The number of aliphatic hydroxyl groups is 1. The Bertz CT molecular complexity index is 1910. The van der Waals surface area contributed by atoms with Crippen LogP contribution in [0, 0.1) is 5.92 Å². The lowest BCUT2D eigenvalue weighted by molar-refractivity contribution is -0.150. The van der Waals surface area contributed by atoms with E-state index in [2.05, 4.69) is 21.3 Å². The van der Waals surface area contributed by atoms with Gasteiger partial charge in [-0.1, -0.05) is 49.4 Å². The Hall–Kier alpha value is -4.44. The molecule has 0 unspecified atom stereocenters. The Balaban J connectivity index is 1.20. The molecular formula is C42H54N6O7Si. The summed E-state index contributed by atoms with van der Waals surface area (Å²) in [7, 11) is -3.11. The van der Waals surface area contributed by atoms with Crippen LogP contribution in [0.5, 0.6) is 0 Å². The van der Waals surface area contributed by atoms with Gasteiger partial charge in [-0.05, 0) is 93.3 Å². The van der Waals surface area contributed by atoms with Crippen molar-refractivity contribution in [2.45, 2.75) is 94.5 Å². The molecule has 56 heavy (non-hydrogen) atoms. The Kier molecular flexibility index (Phi) is 11.8. The van der Waals surface area contributed by atoms with Crippen molar-refractivity contribution >= 4 is 49.0 Å². The van der Waals surface area contributed by atoms with Gasteiger partial charge in [0.05, 0.1) is 43.4 Å². The van der Waals surface area contributed by atoms with Crippen LogP contribution in [0.2, 0.25) is 18.6 Å². The zero-order valence-corrected chi connectivity index (χ0v) is 33.4. The number of hydrogen-bond acceptors (Lipinski definition) is 9. The lowest BCUT2D eigenvalue weighted by Gasteiger charge is -2.32. The van der Waals surface area contributed by atoms with E-state index in [1.807, 2.05) is 86.7 Å². The minimum absolute atomic E-state index is 0.0719. The normalized spacial score (nSPS) is 25.8. The van der Waals surface area contributed by atoms with Crippen LogP contribution in [0.1, 0.15) is 55.7 Å². The van der Waals surface area contributed by atoms with Crippen molar-refractivity contribution in [2.75, 3.05) is 41.8 Å². The molecule has 4 aliphatic heterocycles. The molecule has 6 atom stereocenters. The van der Waals surface area contributed by atoms with E-state index >= 15 is 4.79 Å². The molecule has 3 aromatic carbocycles. The highest BCUT2D eigenvalue weighted by Crippen LogP contribution is 2.60. The summed E-state index contributed by atoms with van der Waals surface area (Å²) in [6, 6.07) is 21.9. The van der Waals surface area contributed by atoms with E-state index in [9.17, 15) is 24.3 Å². The third-order valence-corrected chi connectivity index (χ3v) is 14.4. The number of nitrogens with zero attached hydrogens (tertiary/aromatic N) is 2. The molecule has 4 aliphatic rings. The van der Waals surface area contributed by atoms with Gasteiger partial charge >= 0.3 is 0 Å². The fraction of sp³-hybridized carbons (Fsp3) is 0.476. The van der Waals surface area contributed by atoms with Crippen LogP contribution in [0.4, 0.5) is 17.1 Å². The molecule has 0 saturated carbocycles. The molecule has 4 amide bonds. The van der Waals surface area contributed by atoms with Crippen LogP contribution in [-0.2, 0) is 42.6 Å². The second-order valence-corrected chi connectivity index (χ2v) is 20.2. The van der Waals surface area contributed by atoms with Crippen LogP contribution in [0.25, 0.3) is 0 Å². The molecule has 13 nitrogen and oxygen atoms in total. The summed E-state index contributed by atoms with van der Waals surface area (Å²) < 4.78 is 6.98. The number of ether oxygens (including phenoxy) is 1. The Morgan fingerprint density at radius 2 is 1.54 bits per heavy atom. The summed E-state index contributed by atoms with van der Waals surface area (Å²) in [6.45, 7) is 7.56. The monoisotopic (exact) mass is 782 g/mol. The number of fused-ring (bicyclic) bond motifs is 2. The number of anilines is 3. The van der Waals surface area contributed by atoms with Crippen LogP contribution in [-0.4, -0.2) is 91.2 Å². The number of benzene rings is 3. The highest BCUT2D eigenvalue weighted by atomic mass is 28.4. The summed E-state index contributed by atoms with van der Waals surface area (Å²) in [5.74, 6) is -1.31. The topological polar surface area (TPSA) is 173 Å². The predicted octanol–water partition coefficient (Wildman–Crippen LogP) is 3.82. The molecule has 14 heteroatoms. The van der Waals surface area contributed by atoms with E-state index in [-0.39, 0.29) is 61.8 Å². The zero-order chi connectivity index (χ0) is 39.6. The van der Waals surface area contributed by atoms with Gasteiger partial charge in [0, 0.05) is 41.5 Å². The highest BCUT2D eigenvalue weighted by molar-refractivity contribution is 6.71. The standard InChI is InChI=1S/C42H54N6O7Si/c1-27-38(56(2,3)54)36(24-37(50)47(21-22-49)25-28-9-5-4-6-10-28)55-42(27)32-23-31(46-40(52)34-12-8-20-44-34)17-18-35(32)48(41(42)53)26-29-13-15-30(16-14-29)45-39(51)33-11-7-19-43-33/h4-6,9-10,13-18,23,27,33-34,36,38,43-44,49,54H,7-8,11-12,19-22,24-26H2,1-3H3,(H,45,51)(H,46,52)/t27-,33-,34-,36+,38-,42+/m1/s1. The highest BCUT2D eigenvalue weighted by Gasteiger charge is 2.66. The molecule has 0 radical (unpaired) electrons. The molecule has 1 spiro atoms. The van der Waals surface area contributed by atoms with E-state index in [0.29, 0.717) is 29.2 Å². The maximum absolute atomic E-state index is 15.1. The van der Waals surface area contributed by atoms with Crippen molar-refractivity contribution in [1.82, 2.24) is 15.5 Å². The van der Waals surface area contributed by atoms with Crippen LogP contribution >= 0.6 is 0 Å². The summed E-state index contributed by atoms with van der Waals surface area (Å²) in [5.41, 5.74) is 2.08. The zero-order valence-electron chi connectivity index (χ0n) is 32.4. The van der Waals surface area contributed by atoms with Crippen molar-refractivity contribution in [2.24, 2.45) is 5.92 Å². The molecule has 3 saturated heterocycles. The van der Waals surface area contributed by atoms with Gasteiger partial charge in [0.2, 0.25) is 17.7 Å². The molecule has 6 N–H and O–H groups in total. The van der Waals surface area contributed by atoms with Crippen molar-refractivity contribution in [1.29, 1.82) is 0 Å². The number of nitrogens with one attached hydrogen (secondary N) is 4. The third-order valence-electron chi connectivity index (χ3n) is 11.9. The molecule has 0 aliphatic carbocycles. The average Bonchev–Trinajstić information content (AvgIpc) is 3.99. The predicted molar refractivity (Wildman–Crippen MR) is 216 cm³/mol. The van der Waals surface area contributed by atoms with E-state index in [1.54, 1.807) is 15.9 Å². The molecule has 3 aromatic rings. The summed E-state index contributed by atoms with van der Waals surface area (Å²) in [6.07, 6.45) is 2.52. The summed E-state index contributed by atoms with van der Waals surface area (Å²) >= 11 is 0. The molecule has 0 aromatic heterocycles. The first-order valence-corrected chi connectivity index (χ1v) is 22.9. The van der Waals surface area contributed by atoms with Crippen molar-refractivity contribution < 1.29 is 33.8 Å². The lowest BCUT2D eigenvalue weighted by atomic mass is 9.82. The first-order valence-electron chi connectivity index (χ1n) is 19.9. The summed E-state index contributed by atoms with van der Waals surface area (Å²) in [4.78, 5) is 70.3. The third kappa shape index (κ3) is 8.04. The number of aliphatic hydroxyl groups excluding tert-OH is 1. The van der Waals surface area contributed by atoms with Crippen LogP contribution in [0.15, 0.2) is 72.8 Å². The SMILES string of the molecule is C[C@@H]1[C@@H]([Si](C)(C)O)[C@H](CC(=O)N(CCO)Cc2ccccc2)O[C@@]12C(=O)N(Cc1ccc(NC(=O)[C@H]3CCCN3)cc1)c1ccc(NC(=O)[C@H]3CCCN3)cc12. The molecule has 298 valence electrons. The van der Waals surface area contributed by atoms with Crippen molar-refractivity contribution in [3.8, 4) is 0 Å². The number of carbonyl (C=O) groups excluding carboxylic acids is 4. The summed E-state index contributed by atoms with van der Waals surface area (Å²) in [5, 5.41) is 22.4. The van der Waals surface area contributed by atoms with Gasteiger partial charge in [-0.2, -0.15) is 0 Å². The Labute approximate surface area is 329 Å². The average molecular weight is 783 g/mol. The first kappa shape index (κ1) is 39.8. The first-order chi connectivity index (χ1) is 26.9. The van der Waals surface area contributed by atoms with Crippen LogP contribution in [0.3, 0.4) is 0 Å². The van der Waals surface area contributed by atoms with Gasteiger partial charge in [0.15, 0.2) is 13.9 Å². The molecule has 7 rings (SSSR count). The number of amides is 4. The smallest absolute Gasteiger partial charge is 0.264 e. The molecule has 3 fully saturated rings. The lowest BCUT2D eigenvalue weighted by Crippen LogP contribution is -2.46. The molecule has 0 bridgehead atoms. The van der Waals surface area contributed by atoms with E-state index in [4.69, 9.17) is 4.74 Å². The fourth-order valence-electron chi connectivity index (χ4n) is 9.18. The quantitative estimate of drug-likeness (QED) is 0.141. The van der Waals surface area contributed by atoms with E-state index < -0.39 is 31.5 Å². The van der Waals surface area contributed by atoms with E-state index in [0.717, 1.165) is 49.9 Å². The van der Waals surface area contributed by atoms with Gasteiger partial charge in [-0.3, -0.25) is 19.2 Å². The maximum atomic E-state index is 15.1.